The summed E-state index contributed by atoms with van der Waals surface area (Å²) in [6.45, 7) is 5.31. The Labute approximate surface area is 115 Å². The molecular formula is C15H24FN3. The molecule has 0 aliphatic rings. The number of hydrogen-bond donors (Lipinski definition) is 3. The maximum Gasteiger partial charge on any atom is 0.127 e. The lowest BCUT2D eigenvalue weighted by Gasteiger charge is -2.18. The molecule has 0 spiro atoms. The summed E-state index contributed by atoms with van der Waals surface area (Å²) in [5.41, 5.74) is 2.75. The molecule has 1 rings (SSSR count). The van der Waals surface area contributed by atoms with Gasteiger partial charge in [-0.2, -0.15) is 0 Å². The van der Waals surface area contributed by atoms with Gasteiger partial charge in [-0.1, -0.05) is 12.1 Å². The highest BCUT2D eigenvalue weighted by atomic mass is 19.1. The minimum Gasteiger partial charge on any atom is -0.390 e. The second-order valence-corrected chi connectivity index (χ2v) is 4.77. The maximum absolute atomic E-state index is 14.0. The van der Waals surface area contributed by atoms with Crippen LogP contribution in [0.2, 0.25) is 0 Å². The Hall–Kier alpha value is -1.55. The van der Waals surface area contributed by atoms with Gasteiger partial charge >= 0.3 is 0 Å². The van der Waals surface area contributed by atoms with Crippen LogP contribution in [-0.2, 0) is 0 Å². The molecule has 0 bridgehead atoms. The predicted octanol–water partition coefficient (Wildman–Crippen LogP) is 2.11. The molecule has 0 amide bonds. The maximum atomic E-state index is 14.0. The van der Waals surface area contributed by atoms with Gasteiger partial charge in [-0.15, -0.1) is 0 Å². The fourth-order valence-corrected chi connectivity index (χ4v) is 1.93. The molecule has 0 aliphatic carbocycles. The molecule has 1 atom stereocenters. The molecule has 0 saturated carbocycles. The van der Waals surface area contributed by atoms with Crippen molar-refractivity contribution < 1.29 is 4.39 Å². The second-order valence-electron chi connectivity index (χ2n) is 4.77. The zero-order chi connectivity index (χ0) is 14.3. The van der Waals surface area contributed by atoms with Crippen molar-refractivity contribution in [1.29, 1.82) is 0 Å². The van der Waals surface area contributed by atoms with Crippen molar-refractivity contribution in [3.05, 3.63) is 47.0 Å². The summed E-state index contributed by atoms with van der Waals surface area (Å²) >= 11 is 0. The smallest absolute Gasteiger partial charge is 0.127 e. The van der Waals surface area contributed by atoms with Gasteiger partial charge in [-0.25, -0.2) is 4.39 Å². The number of allylic oxidation sites excluding steroid dienone is 1. The minimum atomic E-state index is -0.128. The van der Waals surface area contributed by atoms with Gasteiger partial charge in [0.2, 0.25) is 0 Å². The Morgan fingerprint density at radius 3 is 2.63 bits per heavy atom. The fourth-order valence-electron chi connectivity index (χ4n) is 1.93. The van der Waals surface area contributed by atoms with E-state index in [2.05, 4.69) is 16.0 Å². The van der Waals surface area contributed by atoms with E-state index in [9.17, 15) is 4.39 Å². The lowest BCUT2D eigenvalue weighted by Crippen LogP contribution is -2.27. The van der Waals surface area contributed by atoms with Crippen molar-refractivity contribution in [2.45, 2.75) is 19.8 Å². The SMILES string of the molecule is CNCC(CN/C=C(/C)NC)c1ccc(C)cc1F. The highest BCUT2D eigenvalue weighted by Crippen LogP contribution is 2.19. The normalized spacial score (nSPS) is 13.2. The summed E-state index contributed by atoms with van der Waals surface area (Å²) in [4.78, 5) is 0. The van der Waals surface area contributed by atoms with Gasteiger partial charge in [-0.3, -0.25) is 0 Å². The van der Waals surface area contributed by atoms with E-state index in [1.54, 1.807) is 6.07 Å². The zero-order valence-corrected chi connectivity index (χ0v) is 12.2. The van der Waals surface area contributed by atoms with Crippen LogP contribution in [0.1, 0.15) is 24.0 Å². The minimum absolute atomic E-state index is 0.103. The van der Waals surface area contributed by atoms with E-state index in [4.69, 9.17) is 0 Å². The Morgan fingerprint density at radius 2 is 2.05 bits per heavy atom. The highest BCUT2D eigenvalue weighted by molar-refractivity contribution is 5.27. The van der Waals surface area contributed by atoms with Crippen LogP contribution in [-0.4, -0.2) is 27.2 Å². The van der Waals surface area contributed by atoms with Crippen LogP contribution in [0.25, 0.3) is 0 Å². The molecule has 106 valence electrons. The summed E-state index contributed by atoms with van der Waals surface area (Å²) in [5, 5.41) is 9.39. The third-order valence-corrected chi connectivity index (χ3v) is 3.12. The number of aryl methyl sites for hydroxylation is 1. The Kier molecular flexibility index (Phi) is 6.36. The largest absolute Gasteiger partial charge is 0.390 e. The first-order valence-corrected chi connectivity index (χ1v) is 6.57. The van der Waals surface area contributed by atoms with Crippen molar-refractivity contribution in [3.8, 4) is 0 Å². The van der Waals surface area contributed by atoms with E-state index in [1.807, 2.05) is 46.3 Å². The molecule has 0 radical (unpaired) electrons. The average molecular weight is 265 g/mol. The van der Waals surface area contributed by atoms with Crippen molar-refractivity contribution in [2.75, 3.05) is 27.2 Å². The molecule has 4 heteroatoms. The quantitative estimate of drug-likeness (QED) is 0.706. The number of likely N-dealkylation sites (N-methyl/N-ethyl adjacent to an activating group) is 1. The van der Waals surface area contributed by atoms with Crippen molar-refractivity contribution >= 4 is 0 Å². The second kappa shape index (κ2) is 7.79. The first kappa shape index (κ1) is 15.5. The Balaban J connectivity index is 2.76. The van der Waals surface area contributed by atoms with E-state index in [-0.39, 0.29) is 11.7 Å². The Bertz CT molecular complexity index is 429. The topological polar surface area (TPSA) is 36.1 Å². The average Bonchev–Trinajstić information content (AvgIpc) is 2.38. The molecule has 1 aromatic carbocycles. The molecule has 0 aliphatic heterocycles. The van der Waals surface area contributed by atoms with E-state index in [1.165, 1.54) is 0 Å². The zero-order valence-electron chi connectivity index (χ0n) is 12.2. The number of halogens is 1. The van der Waals surface area contributed by atoms with Gasteiger partial charge in [0.15, 0.2) is 0 Å². The van der Waals surface area contributed by atoms with Gasteiger partial charge in [0, 0.05) is 38.0 Å². The lowest BCUT2D eigenvalue weighted by atomic mass is 9.97. The molecule has 0 aromatic heterocycles. The van der Waals surface area contributed by atoms with Gasteiger partial charge in [0.1, 0.15) is 5.82 Å². The third-order valence-electron chi connectivity index (χ3n) is 3.12. The number of hydrogen-bond acceptors (Lipinski definition) is 3. The first-order valence-electron chi connectivity index (χ1n) is 6.57. The molecule has 3 nitrogen and oxygen atoms in total. The van der Waals surface area contributed by atoms with Crippen LogP contribution in [0.4, 0.5) is 4.39 Å². The molecule has 19 heavy (non-hydrogen) atoms. The van der Waals surface area contributed by atoms with Crippen LogP contribution >= 0.6 is 0 Å². The molecule has 1 unspecified atom stereocenters. The molecule has 0 fully saturated rings. The van der Waals surface area contributed by atoms with Crippen LogP contribution in [0.3, 0.4) is 0 Å². The summed E-state index contributed by atoms with van der Waals surface area (Å²) in [5.74, 6) is -0.0251. The Morgan fingerprint density at radius 1 is 1.32 bits per heavy atom. The fraction of sp³-hybridized carbons (Fsp3) is 0.467. The monoisotopic (exact) mass is 265 g/mol. The standard InChI is InChI=1S/C15H24FN3/c1-11-5-6-14(15(16)7-11)13(9-17-3)10-19-8-12(2)18-4/h5-8,13,17-19H,9-10H2,1-4H3/b12-8-. The number of nitrogens with one attached hydrogen (secondary N) is 3. The predicted molar refractivity (Wildman–Crippen MR) is 78.6 cm³/mol. The summed E-state index contributed by atoms with van der Waals surface area (Å²) in [7, 11) is 3.76. The summed E-state index contributed by atoms with van der Waals surface area (Å²) < 4.78 is 14.0. The van der Waals surface area contributed by atoms with Gasteiger partial charge in [0.05, 0.1) is 0 Å². The van der Waals surface area contributed by atoms with E-state index in [0.29, 0.717) is 6.54 Å². The molecule has 0 heterocycles. The first-order chi connectivity index (χ1) is 9.08. The van der Waals surface area contributed by atoms with Crippen molar-refractivity contribution in [1.82, 2.24) is 16.0 Å². The van der Waals surface area contributed by atoms with Crippen LogP contribution in [0.5, 0.6) is 0 Å². The molecule has 3 N–H and O–H groups in total. The van der Waals surface area contributed by atoms with E-state index >= 15 is 0 Å². The van der Waals surface area contributed by atoms with Gasteiger partial charge in [-0.05, 0) is 38.1 Å². The number of benzene rings is 1. The molecule has 1 aromatic rings. The van der Waals surface area contributed by atoms with Gasteiger partial charge in [0.25, 0.3) is 0 Å². The van der Waals surface area contributed by atoms with Crippen LogP contribution in [0, 0.1) is 12.7 Å². The van der Waals surface area contributed by atoms with E-state index in [0.717, 1.165) is 23.4 Å². The van der Waals surface area contributed by atoms with Crippen molar-refractivity contribution in [2.24, 2.45) is 0 Å². The van der Waals surface area contributed by atoms with Crippen LogP contribution in [0.15, 0.2) is 30.1 Å². The lowest BCUT2D eigenvalue weighted by molar-refractivity contribution is 0.545. The van der Waals surface area contributed by atoms with Crippen LogP contribution < -0.4 is 16.0 Å². The molecular weight excluding hydrogens is 241 g/mol. The van der Waals surface area contributed by atoms with E-state index < -0.39 is 0 Å². The summed E-state index contributed by atoms with van der Waals surface area (Å²) in [6.07, 6.45) is 1.91. The molecule has 0 saturated heterocycles. The highest BCUT2D eigenvalue weighted by Gasteiger charge is 2.14. The van der Waals surface area contributed by atoms with Gasteiger partial charge < -0.3 is 16.0 Å². The number of rotatable bonds is 7. The van der Waals surface area contributed by atoms with Crippen molar-refractivity contribution in [3.63, 3.8) is 0 Å². The third kappa shape index (κ3) is 4.91. The summed E-state index contributed by atoms with van der Waals surface area (Å²) in [6, 6.07) is 5.42.